The van der Waals surface area contributed by atoms with Crippen molar-refractivity contribution in [2.75, 3.05) is 25.0 Å². The van der Waals surface area contributed by atoms with Crippen molar-refractivity contribution in [1.29, 1.82) is 0 Å². The van der Waals surface area contributed by atoms with Gasteiger partial charge in [0.1, 0.15) is 0 Å². The van der Waals surface area contributed by atoms with E-state index in [0.29, 0.717) is 23.0 Å². The summed E-state index contributed by atoms with van der Waals surface area (Å²) < 4.78 is 5.13. The van der Waals surface area contributed by atoms with Crippen molar-refractivity contribution in [3.8, 4) is 0 Å². The van der Waals surface area contributed by atoms with Gasteiger partial charge in [0.2, 0.25) is 0 Å². The Bertz CT molecular complexity index is 817. The molecule has 1 saturated heterocycles. The maximum absolute atomic E-state index is 12.4. The number of hydrogen-bond donors (Lipinski definition) is 1. The molecule has 0 unspecified atom stereocenters. The first kappa shape index (κ1) is 18.4. The van der Waals surface area contributed by atoms with Gasteiger partial charge in [0, 0.05) is 18.1 Å². The average molecular weight is 393 g/mol. The number of amides is 2. The number of ether oxygens (including phenoxy) is 1. The van der Waals surface area contributed by atoms with Crippen LogP contribution < -0.4 is 5.32 Å². The van der Waals surface area contributed by atoms with E-state index in [9.17, 15) is 14.4 Å². The second-order valence-electron chi connectivity index (χ2n) is 5.79. The minimum atomic E-state index is -0.685. The second-order valence-corrected chi connectivity index (χ2v) is 7.17. The molecule has 1 aliphatic rings. The molecule has 136 valence electrons. The number of carbonyl (C=O) groups excluding carboxylic acids is 3. The fourth-order valence-corrected chi connectivity index (χ4v) is 3.44. The third-order valence-corrected chi connectivity index (χ3v) is 5.08. The second kappa shape index (κ2) is 8.33. The third kappa shape index (κ3) is 4.42. The van der Waals surface area contributed by atoms with Gasteiger partial charge in [0.25, 0.3) is 11.8 Å². The van der Waals surface area contributed by atoms with Crippen LogP contribution in [0.2, 0.25) is 5.02 Å². The highest BCUT2D eigenvalue weighted by Crippen LogP contribution is 2.23. The molecule has 1 aromatic carbocycles. The predicted molar refractivity (Wildman–Crippen MR) is 99.8 cm³/mol. The van der Waals surface area contributed by atoms with E-state index >= 15 is 0 Å². The fraction of sp³-hybridized carbons (Fsp3) is 0.278. The van der Waals surface area contributed by atoms with Crippen LogP contribution in [0.15, 0.2) is 35.7 Å². The van der Waals surface area contributed by atoms with Crippen LogP contribution in [0.3, 0.4) is 0 Å². The molecule has 3 rings (SSSR count). The number of hydrogen-bond acceptors (Lipinski definition) is 5. The molecule has 2 aromatic rings. The molecule has 1 fully saturated rings. The number of rotatable bonds is 5. The van der Waals surface area contributed by atoms with Gasteiger partial charge in [0.15, 0.2) is 6.61 Å². The standard InChI is InChI=1S/C18H17ClN2O4S/c19-12-5-6-13(14(10-12)20-17(23)15-4-3-9-26-15)18(24)25-11-16(22)21-7-1-2-8-21/h3-6,9-10H,1-2,7-8,11H2,(H,20,23). The number of halogens is 1. The van der Waals surface area contributed by atoms with Crippen molar-refractivity contribution in [3.05, 3.63) is 51.2 Å². The lowest BCUT2D eigenvalue weighted by molar-refractivity contribution is -0.133. The highest BCUT2D eigenvalue weighted by Gasteiger charge is 2.21. The number of esters is 1. The van der Waals surface area contributed by atoms with Crippen LogP contribution in [-0.2, 0) is 9.53 Å². The zero-order valence-electron chi connectivity index (χ0n) is 13.9. The summed E-state index contributed by atoms with van der Waals surface area (Å²) in [6.07, 6.45) is 1.94. The zero-order chi connectivity index (χ0) is 18.5. The van der Waals surface area contributed by atoms with Gasteiger partial charge in [-0.2, -0.15) is 0 Å². The number of nitrogens with zero attached hydrogens (tertiary/aromatic N) is 1. The van der Waals surface area contributed by atoms with Gasteiger partial charge < -0.3 is 15.0 Å². The smallest absolute Gasteiger partial charge is 0.340 e. The minimum Gasteiger partial charge on any atom is -0.452 e. The van der Waals surface area contributed by atoms with Crippen molar-refractivity contribution in [3.63, 3.8) is 0 Å². The van der Waals surface area contributed by atoms with Crippen LogP contribution in [0, 0.1) is 0 Å². The van der Waals surface area contributed by atoms with E-state index in [2.05, 4.69) is 5.32 Å². The maximum Gasteiger partial charge on any atom is 0.340 e. The van der Waals surface area contributed by atoms with Crippen LogP contribution in [0.4, 0.5) is 5.69 Å². The molecule has 0 aliphatic carbocycles. The van der Waals surface area contributed by atoms with E-state index in [1.54, 1.807) is 22.4 Å². The summed E-state index contributed by atoms with van der Waals surface area (Å²) in [5, 5.41) is 4.82. The highest BCUT2D eigenvalue weighted by molar-refractivity contribution is 7.12. The minimum absolute atomic E-state index is 0.147. The molecule has 8 heteroatoms. The first-order valence-electron chi connectivity index (χ1n) is 8.14. The van der Waals surface area contributed by atoms with E-state index in [1.807, 2.05) is 0 Å². The molecule has 6 nitrogen and oxygen atoms in total. The van der Waals surface area contributed by atoms with E-state index in [4.69, 9.17) is 16.3 Å². The highest BCUT2D eigenvalue weighted by atomic mass is 35.5. The number of benzene rings is 1. The Balaban J connectivity index is 1.69. The Kier molecular flexibility index (Phi) is 5.90. The molecule has 1 aliphatic heterocycles. The number of likely N-dealkylation sites (tertiary alicyclic amines) is 1. The van der Waals surface area contributed by atoms with Crippen LogP contribution >= 0.6 is 22.9 Å². The summed E-state index contributed by atoms with van der Waals surface area (Å²) in [5.41, 5.74) is 0.392. The summed E-state index contributed by atoms with van der Waals surface area (Å²) in [4.78, 5) is 38.8. The number of thiophene rings is 1. The fourth-order valence-electron chi connectivity index (χ4n) is 2.65. The Morgan fingerprint density at radius 3 is 2.65 bits per heavy atom. The summed E-state index contributed by atoms with van der Waals surface area (Å²) in [7, 11) is 0. The van der Waals surface area contributed by atoms with Crippen molar-refractivity contribution in [2.24, 2.45) is 0 Å². The first-order chi connectivity index (χ1) is 12.5. The SMILES string of the molecule is O=C(Nc1cc(Cl)ccc1C(=O)OCC(=O)N1CCCC1)c1cccs1. The van der Waals surface area contributed by atoms with Crippen LogP contribution in [0.25, 0.3) is 0 Å². The molecule has 0 radical (unpaired) electrons. The van der Waals surface area contributed by atoms with Gasteiger partial charge in [-0.3, -0.25) is 9.59 Å². The number of anilines is 1. The topological polar surface area (TPSA) is 75.7 Å². The Morgan fingerprint density at radius 2 is 1.96 bits per heavy atom. The molecule has 0 atom stereocenters. The van der Waals surface area contributed by atoms with Gasteiger partial charge in [-0.05, 0) is 42.5 Å². The summed E-state index contributed by atoms with van der Waals surface area (Å²) in [6.45, 7) is 1.07. The molecule has 2 heterocycles. The van der Waals surface area contributed by atoms with E-state index in [-0.39, 0.29) is 29.7 Å². The van der Waals surface area contributed by atoms with Gasteiger partial charge in [-0.25, -0.2) is 4.79 Å². The average Bonchev–Trinajstić information content (AvgIpc) is 3.32. The largest absolute Gasteiger partial charge is 0.452 e. The molecular formula is C18H17ClN2O4S. The Labute approximate surface area is 159 Å². The van der Waals surface area contributed by atoms with E-state index in [1.165, 1.54) is 29.5 Å². The Morgan fingerprint density at radius 1 is 1.19 bits per heavy atom. The molecular weight excluding hydrogens is 376 g/mol. The number of nitrogens with one attached hydrogen (secondary N) is 1. The van der Waals surface area contributed by atoms with E-state index in [0.717, 1.165) is 12.8 Å². The van der Waals surface area contributed by atoms with Crippen molar-refractivity contribution < 1.29 is 19.1 Å². The number of carbonyl (C=O) groups is 3. The van der Waals surface area contributed by atoms with Gasteiger partial charge in [-0.1, -0.05) is 17.7 Å². The lowest BCUT2D eigenvalue weighted by atomic mass is 10.1. The Hall–Kier alpha value is -2.38. The van der Waals surface area contributed by atoms with Crippen molar-refractivity contribution in [1.82, 2.24) is 4.90 Å². The monoisotopic (exact) mass is 392 g/mol. The van der Waals surface area contributed by atoms with Crippen LogP contribution in [-0.4, -0.2) is 42.4 Å². The van der Waals surface area contributed by atoms with Crippen LogP contribution in [0.1, 0.15) is 32.9 Å². The maximum atomic E-state index is 12.4. The summed E-state index contributed by atoms with van der Waals surface area (Å²) in [6, 6.07) is 7.91. The lowest BCUT2D eigenvalue weighted by Crippen LogP contribution is -2.32. The first-order valence-corrected chi connectivity index (χ1v) is 9.39. The third-order valence-electron chi connectivity index (χ3n) is 3.98. The van der Waals surface area contributed by atoms with Crippen molar-refractivity contribution in [2.45, 2.75) is 12.8 Å². The van der Waals surface area contributed by atoms with E-state index < -0.39 is 5.97 Å². The normalized spacial score (nSPS) is 13.5. The molecule has 0 spiro atoms. The summed E-state index contributed by atoms with van der Waals surface area (Å²) >= 11 is 7.27. The molecule has 2 amide bonds. The van der Waals surface area contributed by atoms with Gasteiger partial charge in [0.05, 0.1) is 16.1 Å². The molecule has 0 saturated carbocycles. The quantitative estimate of drug-likeness (QED) is 0.791. The molecule has 26 heavy (non-hydrogen) atoms. The zero-order valence-corrected chi connectivity index (χ0v) is 15.4. The van der Waals surface area contributed by atoms with Crippen molar-refractivity contribution >= 4 is 46.4 Å². The molecule has 1 N–H and O–H groups in total. The molecule has 1 aromatic heterocycles. The molecule has 0 bridgehead atoms. The lowest BCUT2D eigenvalue weighted by Gasteiger charge is -2.15. The predicted octanol–water partition coefficient (Wildman–Crippen LogP) is 3.43. The van der Waals surface area contributed by atoms with Gasteiger partial charge >= 0.3 is 5.97 Å². The van der Waals surface area contributed by atoms with Gasteiger partial charge in [-0.15, -0.1) is 11.3 Å². The van der Waals surface area contributed by atoms with Crippen LogP contribution in [0.5, 0.6) is 0 Å². The summed E-state index contributed by atoms with van der Waals surface area (Å²) in [5.74, 6) is -1.24.